The second kappa shape index (κ2) is 11.1. The zero-order valence-electron chi connectivity index (χ0n) is 19.0. The van der Waals surface area contributed by atoms with E-state index in [1.165, 1.54) is 29.8 Å². The minimum atomic E-state index is -0.913. The van der Waals surface area contributed by atoms with E-state index in [4.69, 9.17) is 4.74 Å². The average molecular weight is 478 g/mol. The molecule has 8 heteroatoms. The van der Waals surface area contributed by atoms with Crippen molar-refractivity contribution in [3.63, 3.8) is 0 Å². The van der Waals surface area contributed by atoms with Gasteiger partial charge in [-0.15, -0.1) is 11.3 Å². The van der Waals surface area contributed by atoms with Crippen LogP contribution >= 0.6 is 11.3 Å². The molecule has 0 radical (unpaired) electrons. The zero-order valence-corrected chi connectivity index (χ0v) is 19.8. The minimum absolute atomic E-state index is 0.0805. The van der Waals surface area contributed by atoms with Crippen LogP contribution in [0.5, 0.6) is 0 Å². The zero-order chi connectivity index (χ0) is 23.9. The summed E-state index contributed by atoms with van der Waals surface area (Å²) in [7, 11) is 1.30. The van der Waals surface area contributed by atoms with Gasteiger partial charge in [0.05, 0.1) is 12.7 Å². The highest BCUT2D eigenvalue weighted by atomic mass is 32.1. The number of anilines is 1. The first kappa shape index (κ1) is 23.6. The maximum absolute atomic E-state index is 13.8. The Morgan fingerprint density at radius 2 is 1.88 bits per heavy atom. The van der Waals surface area contributed by atoms with Gasteiger partial charge in [-0.3, -0.25) is 19.5 Å². The largest absolute Gasteiger partial charge is 0.465 e. The molecule has 3 aromatic rings. The Morgan fingerprint density at radius 3 is 2.56 bits per heavy atom. The van der Waals surface area contributed by atoms with Crippen molar-refractivity contribution in [1.82, 2.24) is 10.3 Å². The lowest BCUT2D eigenvalue weighted by Crippen LogP contribution is -2.47. The first-order valence-electron chi connectivity index (χ1n) is 11.3. The van der Waals surface area contributed by atoms with Gasteiger partial charge in [0.15, 0.2) is 6.04 Å². The van der Waals surface area contributed by atoms with Crippen molar-refractivity contribution < 1.29 is 19.1 Å². The summed E-state index contributed by atoms with van der Waals surface area (Å²) >= 11 is 1.41. The molecule has 1 N–H and O–H groups in total. The van der Waals surface area contributed by atoms with Crippen LogP contribution in [0.3, 0.4) is 0 Å². The summed E-state index contributed by atoms with van der Waals surface area (Å²) in [6, 6.07) is 14.5. The van der Waals surface area contributed by atoms with Crippen molar-refractivity contribution >= 4 is 34.8 Å². The summed E-state index contributed by atoms with van der Waals surface area (Å²) in [6.45, 7) is 0. The average Bonchev–Trinajstić information content (AvgIpc) is 3.42. The van der Waals surface area contributed by atoms with Crippen molar-refractivity contribution in [3.8, 4) is 0 Å². The summed E-state index contributed by atoms with van der Waals surface area (Å²) in [4.78, 5) is 46.1. The molecule has 1 atom stereocenters. The van der Waals surface area contributed by atoms with Gasteiger partial charge in [0.2, 0.25) is 5.91 Å². The minimum Gasteiger partial charge on any atom is -0.465 e. The number of rotatable bonds is 7. The van der Waals surface area contributed by atoms with Crippen LogP contribution in [-0.4, -0.2) is 35.9 Å². The number of carbonyl (C=O) groups excluding carboxylic acids is 3. The number of aromatic nitrogens is 1. The quantitative estimate of drug-likeness (QED) is 0.496. The number of carbonyl (C=O) groups is 3. The van der Waals surface area contributed by atoms with Crippen molar-refractivity contribution in [3.05, 3.63) is 82.3 Å². The molecule has 2 aromatic heterocycles. The van der Waals surface area contributed by atoms with E-state index in [1.807, 2.05) is 17.5 Å². The molecule has 1 fully saturated rings. The van der Waals surface area contributed by atoms with Crippen molar-refractivity contribution in [2.45, 2.75) is 44.2 Å². The molecule has 2 heterocycles. The van der Waals surface area contributed by atoms with E-state index in [9.17, 15) is 14.4 Å². The predicted octanol–water partition coefficient (Wildman–Crippen LogP) is 4.77. The molecule has 1 aliphatic rings. The molecule has 0 spiro atoms. The monoisotopic (exact) mass is 477 g/mol. The van der Waals surface area contributed by atoms with Gasteiger partial charge in [0.1, 0.15) is 5.69 Å². The molecule has 7 nitrogen and oxygen atoms in total. The van der Waals surface area contributed by atoms with Gasteiger partial charge in [-0.25, -0.2) is 4.79 Å². The lowest BCUT2D eigenvalue weighted by molar-refractivity contribution is -0.123. The molecule has 0 aliphatic heterocycles. The van der Waals surface area contributed by atoms with Crippen molar-refractivity contribution in [2.24, 2.45) is 0 Å². The fourth-order valence-electron chi connectivity index (χ4n) is 4.24. The second-order valence-corrected chi connectivity index (χ2v) is 9.17. The number of pyridine rings is 1. The van der Waals surface area contributed by atoms with E-state index in [1.54, 1.807) is 48.7 Å². The Bertz CT molecular complexity index is 1130. The van der Waals surface area contributed by atoms with Crippen LogP contribution in [0.1, 0.15) is 63.9 Å². The predicted molar refractivity (Wildman–Crippen MR) is 131 cm³/mol. The third-order valence-electron chi connectivity index (χ3n) is 5.92. The van der Waals surface area contributed by atoms with Crippen LogP contribution in [0.2, 0.25) is 0 Å². The summed E-state index contributed by atoms with van der Waals surface area (Å²) in [5.74, 6) is -1.20. The first-order chi connectivity index (χ1) is 16.6. The van der Waals surface area contributed by atoms with Gasteiger partial charge in [-0.05, 0) is 54.6 Å². The number of ether oxygens (including phenoxy) is 1. The normalized spacial score (nSPS) is 14.7. The van der Waals surface area contributed by atoms with Gasteiger partial charge < -0.3 is 10.1 Å². The highest BCUT2D eigenvalue weighted by Gasteiger charge is 2.36. The Kier molecular flexibility index (Phi) is 7.69. The summed E-state index contributed by atoms with van der Waals surface area (Å²) in [5.41, 5.74) is 0.908. The lowest BCUT2D eigenvalue weighted by Gasteiger charge is -2.32. The highest BCUT2D eigenvalue weighted by molar-refractivity contribution is 7.10. The Labute approximate surface area is 202 Å². The molecule has 0 saturated heterocycles. The number of benzene rings is 1. The van der Waals surface area contributed by atoms with E-state index in [0.29, 0.717) is 5.69 Å². The van der Waals surface area contributed by atoms with Gasteiger partial charge in [0, 0.05) is 22.8 Å². The van der Waals surface area contributed by atoms with Crippen molar-refractivity contribution in [2.75, 3.05) is 12.0 Å². The molecule has 1 aromatic carbocycles. The van der Waals surface area contributed by atoms with E-state index >= 15 is 0 Å². The molecule has 1 unspecified atom stereocenters. The van der Waals surface area contributed by atoms with Gasteiger partial charge >= 0.3 is 5.97 Å². The first-order valence-corrected chi connectivity index (χ1v) is 12.2. The number of nitrogens with one attached hydrogen (secondary N) is 1. The summed E-state index contributed by atoms with van der Waals surface area (Å²) < 4.78 is 4.86. The van der Waals surface area contributed by atoms with E-state index in [2.05, 4.69) is 10.3 Å². The fraction of sp³-hybridized carbons (Fsp3) is 0.308. The maximum Gasteiger partial charge on any atom is 0.337 e. The third-order valence-corrected chi connectivity index (χ3v) is 6.84. The van der Waals surface area contributed by atoms with Crippen LogP contribution in [-0.2, 0) is 9.53 Å². The molecule has 4 rings (SSSR count). The fourth-order valence-corrected chi connectivity index (χ4v) is 5.06. The highest BCUT2D eigenvalue weighted by Crippen LogP contribution is 2.33. The topological polar surface area (TPSA) is 88.6 Å². The summed E-state index contributed by atoms with van der Waals surface area (Å²) in [6.07, 6.45) is 6.71. The standard InChI is InChI=1S/C26H27N3O4S/c1-33-26(32)18-9-7-12-20(17-18)29(25(31)21-13-5-6-15-27-21)23(22-14-8-16-34-22)24(30)28-19-10-3-2-4-11-19/h5-9,12-17,19,23H,2-4,10-11H2,1H3,(H,28,30). The lowest BCUT2D eigenvalue weighted by atomic mass is 9.95. The molecule has 2 amide bonds. The molecule has 1 saturated carbocycles. The number of nitrogens with zero attached hydrogens (tertiary/aromatic N) is 2. The molecule has 1 aliphatic carbocycles. The van der Waals surface area contributed by atoms with E-state index in [0.717, 1.165) is 30.6 Å². The molecule has 176 valence electrons. The van der Waals surface area contributed by atoms with E-state index < -0.39 is 17.9 Å². The third kappa shape index (κ3) is 5.34. The number of hydrogen-bond acceptors (Lipinski definition) is 6. The second-order valence-electron chi connectivity index (χ2n) is 8.19. The molecule has 0 bridgehead atoms. The van der Waals surface area contributed by atoms with Crippen LogP contribution in [0, 0.1) is 0 Å². The van der Waals surface area contributed by atoms with Gasteiger partial charge in [0.25, 0.3) is 5.91 Å². The molecule has 34 heavy (non-hydrogen) atoms. The smallest absolute Gasteiger partial charge is 0.337 e. The number of amides is 2. The van der Waals surface area contributed by atoms with Crippen LogP contribution in [0.4, 0.5) is 5.69 Å². The molecular formula is C26H27N3O4S. The Balaban J connectivity index is 1.79. The van der Waals surface area contributed by atoms with E-state index in [-0.39, 0.29) is 23.2 Å². The number of thiophene rings is 1. The van der Waals surface area contributed by atoms with Gasteiger partial charge in [-0.2, -0.15) is 0 Å². The van der Waals surface area contributed by atoms with Crippen LogP contribution in [0.25, 0.3) is 0 Å². The SMILES string of the molecule is COC(=O)c1cccc(N(C(=O)c2ccccn2)C(C(=O)NC2CCCCC2)c2cccs2)c1. The molecular weight excluding hydrogens is 450 g/mol. The van der Waals surface area contributed by atoms with Crippen molar-refractivity contribution in [1.29, 1.82) is 0 Å². The Hall–Kier alpha value is -3.52. The number of hydrogen-bond donors (Lipinski definition) is 1. The number of methoxy groups -OCH3 is 1. The summed E-state index contributed by atoms with van der Waals surface area (Å²) in [5, 5.41) is 5.05. The van der Waals surface area contributed by atoms with Crippen LogP contribution < -0.4 is 10.2 Å². The number of esters is 1. The Morgan fingerprint density at radius 1 is 1.06 bits per heavy atom. The maximum atomic E-state index is 13.8. The van der Waals surface area contributed by atoms with Gasteiger partial charge in [-0.1, -0.05) is 37.5 Å². The van der Waals surface area contributed by atoms with Crippen LogP contribution in [0.15, 0.2) is 66.2 Å².